The fourth-order valence-corrected chi connectivity index (χ4v) is 4.73. The number of aliphatic hydroxyl groups excluding tert-OH is 1. The van der Waals surface area contributed by atoms with Crippen LogP contribution in [-0.2, 0) is 10.1 Å². The Bertz CT molecular complexity index is 415. The molecule has 6 heteroatoms. The van der Waals surface area contributed by atoms with Crippen molar-refractivity contribution in [2.75, 3.05) is 0 Å². The maximum atomic E-state index is 11.2. The first-order chi connectivity index (χ1) is 12.9. The predicted molar refractivity (Wildman–Crippen MR) is 114 cm³/mol. The van der Waals surface area contributed by atoms with Gasteiger partial charge in [0.25, 0.3) is 0 Å². The molecule has 0 rings (SSSR count). The summed E-state index contributed by atoms with van der Waals surface area (Å²) in [7, 11) is -4.11. The Morgan fingerprint density at radius 2 is 1.00 bits per heavy atom. The second-order valence-electron chi connectivity index (χ2n) is 8.17. The summed E-state index contributed by atoms with van der Waals surface area (Å²) in [5, 5.41) is 9.00. The Labute approximate surface area is 218 Å². The van der Waals surface area contributed by atoms with Crippen molar-refractivity contribution in [3.05, 3.63) is 0 Å². The van der Waals surface area contributed by atoms with Crippen molar-refractivity contribution in [2.24, 2.45) is 0 Å². The molecule has 0 aliphatic heterocycles. The number of hydrogen-bond donors (Lipinski definition) is 1. The average molecular weight is 445 g/mol. The first-order valence-corrected chi connectivity index (χ1v) is 13.0. The van der Waals surface area contributed by atoms with E-state index in [-0.39, 0.29) is 57.5 Å². The van der Waals surface area contributed by atoms with E-state index in [1.54, 1.807) is 0 Å². The molecule has 0 heterocycles. The molecule has 0 radical (unpaired) electrons. The van der Waals surface area contributed by atoms with Gasteiger partial charge in [0.05, 0.1) is 16.2 Å². The van der Waals surface area contributed by atoms with Gasteiger partial charge in [-0.15, -0.1) is 0 Å². The van der Waals surface area contributed by atoms with Crippen molar-refractivity contribution in [1.29, 1.82) is 0 Å². The van der Waals surface area contributed by atoms with Crippen LogP contribution in [0.3, 0.4) is 0 Å². The third-order valence-corrected chi connectivity index (χ3v) is 6.74. The van der Waals surface area contributed by atoms with E-state index >= 15 is 0 Å². The fourth-order valence-electron chi connectivity index (χ4n) is 3.75. The topological polar surface area (TPSA) is 77.4 Å². The zero-order valence-corrected chi connectivity index (χ0v) is 22.9. The summed E-state index contributed by atoms with van der Waals surface area (Å²) in [6.45, 7) is 4.05. The SMILES string of the molecule is CCCC(O)CCCCCCCCCCCCCCC(CCC)S(=O)(=O)[O-].[K+]. The molecule has 0 aromatic carbocycles. The predicted octanol–water partition coefficient (Wildman–Crippen LogP) is 3.33. The number of hydrogen-bond acceptors (Lipinski definition) is 4. The van der Waals surface area contributed by atoms with Crippen LogP contribution in [0.15, 0.2) is 0 Å². The smallest absolute Gasteiger partial charge is 0.748 e. The first kappa shape index (κ1) is 31.7. The average Bonchev–Trinajstić information content (AvgIpc) is 2.60. The van der Waals surface area contributed by atoms with E-state index in [4.69, 9.17) is 0 Å². The molecule has 0 aliphatic rings. The third kappa shape index (κ3) is 20.8. The Morgan fingerprint density at radius 1 is 0.643 bits per heavy atom. The van der Waals surface area contributed by atoms with Crippen LogP contribution in [0.5, 0.6) is 0 Å². The second-order valence-corrected chi connectivity index (χ2v) is 9.82. The molecule has 4 nitrogen and oxygen atoms in total. The monoisotopic (exact) mass is 444 g/mol. The van der Waals surface area contributed by atoms with Gasteiger partial charge in [-0.2, -0.15) is 0 Å². The summed E-state index contributed by atoms with van der Waals surface area (Å²) in [4.78, 5) is 0. The Hall–Kier alpha value is 1.51. The molecule has 164 valence electrons. The molecule has 0 aromatic rings. The maximum Gasteiger partial charge on any atom is 1.00 e. The molecule has 2 atom stereocenters. The summed E-state index contributed by atoms with van der Waals surface area (Å²) in [5.74, 6) is 0. The fraction of sp³-hybridized carbons (Fsp3) is 1.00. The number of unbranched alkanes of at least 4 members (excludes halogenated alkanes) is 11. The van der Waals surface area contributed by atoms with Crippen molar-refractivity contribution >= 4 is 10.1 Å². The van der Waals surface area contributed by atoms with Gasteiger partial charge in [0, 0.05) is 5.25 Å². The zero-order chi connectivity index (χ0) is 20.4. The maximum absolute atomic E-state index is 11.2. The van der Waals surface area contributed by atoms with Crippen LogP contribution in [0, 0.1) is 0 Å². The molecular formula is C22H45KO4S. The minimum absolute atomic E-state index is 0. The van der Waals surface area contributed by atoms with Gasteiger partial charge in [0.1, 0.15) is 0 Å². The van der Waals surface area contributed by atoms with Gasteiger partial charge >= 0.3 is 51.4 Å². The van der Waals surface area contributed by atoms with Gasteiger partial charge < -0.3 is 9.66 Å². The minimum atomic E-state index is -4.11. The summed E-state index contributed by atoms with van der Waals surface area (Å²) >= 11 is 0. The minimum Gasteiger partial charge on any atom is -0.748 e. The molecule has 28 heavy (non-hydrogen) atoms. The molecule has 1 N–H and O–H groups in total. The van der Waals surface area contributed by atoms with Gasteiger partial charge in [-0.05, 0) is 25.7 Å². The Kier molecular flexibility index (Phi) is 24.6. The molecule has 0 aliphatic carbocycles. The molecular weight excluding hydrogens is 399 g/mol. The van der Waals surface area contributed by atoms with E-state index in [9.17, 15) is 18.1 Å². The van der Waals surface area contributed by atoms with E-state index in [2.05, 4.69) is 6.92 Å². The summed E-state index contributed by atoms with van der Waals surface area (Å²) in [6, 6.07) is 0. The Morgan fingerprint density at radius 3 is 1.36 bits per heavy atom. The van der Waals surface area contributed by atoms with Crippen LogP contribution in [0.25, 0.3) is 0 Å². The summed E-state index contributed by atoms with van der Waals surface area (Å²) in [5.41, 5.74) is 0. The molecule has 0 fully saturated rings. The second kappa shape index (κ2) is 21.7. The van der Waals surface area contributed by atoms with Gasteiger partial charge in [-0.3, -0.25) is 0 Å². The van der Waals surface area contributed by atoms with Gasteiger partial charge in [-0.25, -0.2) is 8.42 Å². The molecule has 0 spiro atoms. The van der Waals surface area contributed by atoms with Crippen LogP contribution < -0.4 is 51.4 Å². The van der Waals surface area contributed by atoms with Crippen molar-refractivity contribution in [3.8, 4) is 0 Å². The Balaban J connectivity index is 0. The molecule has 2 unspecified atom stereocenters. The van der Waals surface area contributed by atoms with Crippen LogP contribution in [0.1, 0.15) is 129 Å². The van der Waals surface area contributed by atoms with Crippen LogP contribution in [0.2, 0.25) is 0 Å². The van der Waals surface area contributed by atoms with E-state index in [0.29, 0.717) is 12.8 Å². The van der Waals surface area contributed by atoms with E-state index in [1.165, 1.54) is 51.4 Å². The normalized spacial score (nSPS) is 13.9. The van der Waals surface area contributed by atoms with Crippen LogP contribution in [-0.4, -0.2) is 29.4 Å². The molecule has 0 amide bonds. The van der Waals surface area contributed by atoms with Gasteiger partial charge in [-0.1, -0.05) is 104 Å². The molecule has 0 aromatic heterocycles. The van der Waals surface area contributed by atoms with Crippen molar-refractivity contribution in [2.45, 2.75) is 141 Å². The van der Waals surface area contributed by atoms with Crippen molar-refractivity contribution < 1.29 is 69.5 Å². The quantitative estimate of drug-likeness (QED) is 0.177. The van der Waals surface area contributed by atoms with Gasteiger partial charge in [0.2, 0.25) is 0 Å². The van der Waals surface area contributed by atoms with E-state index < -0.39 is 15.4 Å². The first-order valence-electron chi connectivity index (χ1n) is 11.5. The summed E-state index contributed by atoms with van der Waals surface area (Å²) < 4.78 is 33.5. The van der Waals surface area contributed by atoms with Crippen molar-refractivity contribution in [3.63, 3.8) is 0 Å². The van der Waals surface area contributed by atoms with Gasteiger partial charge in [0.15, 0.2) is 0 Å². The summed E-state index contributed by atoms with van der Waals surface area (Å²) in [6.07, 6.45) is 19.2. The van der Waals surface area contributed by atoms with E-state index in [1.807, 2.05) is 6.92 Å². The van der Waals surface area contributed by atoms with Crippen LogP contribution in [0.4, 0.5) is 0 Å². The zero-order valence-electron chi connectivity index (χ0n) is 19.0. The molecule has 0 saturated carbocycles. The molecule has 0 saturated heterocycles. The molecule has 0 bridgehead atoms. The third-order valence-electron chi connectivity index (χ3n) is 5.45. The number of rotatable bonds is 20. The van der Waals surface area contributed by atoms with Crippen molar-refractivity contribution in [1.82, 2.24) is 0 Å². The van der Waals surface area contributed by atoms with Crippen LogP contribution >= 0.6 is 0 Å². The number of aliphatic hydroxyl groups is 1. The standard InChI is InChI=1S/C22H46O4S.K/c1-3-17-21(23)19-15-13-11-9-7-5-6-8-10-12-14-16-20-22(18-4-2)27(24,25)26;/h21-23H,3-20H2,1-2H3,(H,24,25,26);/q;+1/p-1. The largest absolute Gasteiger partial charge is 1.00 e. The van der Waals surface area contributed by atoms with E-state index in [0.717, 1.165) is 51.4 Å².